The molecule has 0 bridgehead atoms. The van der Waals surface area contributed by atoms with Crippen molar-refractivity contribution < 1.29 is 4.74 Å². The predicted molar refractivity (Wildman–Crippen MR) is 105 cm³/mol. The second-order valence-corrected chi connectivity index (χ2v) is 6.36. The summed E-state index contributed by atoms with van der Waals surface area (Å²) >= 11 is 5.93. The topological polar surface area (TPSA) is 45.1 Å². The van der Waals surface area contributed by atoms with E-state index in [4.69, 9.17) is 21.7 Å². The largest absolute Gasteiger partial charge is 0.492 e. The van der Waals surface area contributed by atoms with Crippen molar-refractivity contribution in [3.8, 4) is 5.75 Å². The van der Waals surface area contributed by atoms with Gasteiger partial charge in [-0.15, -0.1) is 0 Å². The Kier molecular flexibility index (Phi) is 5.69. The summed E-state index contributed by atoms with van der Waals surface area (Å²) in [6.07, 6.45) is 1.38. The van der Waals surface area contributed by atoms with Crippen LogP contribution in [0.3, 0.4) is 0 Å². The highest BCUT2D eigenvalue weighted by Crippen LogP contribution is 2.27. The van der Waals surface area contributed by atoms with Crippen molar-refractivity contribution in [3.63, 3.8) is 0 Å². The van der Waals surface area contributed by atoms with Gasteiger partial charge in [-0.05, 0) is 42.1 Å². The predicted octanol–water partition coefficient (Wildman–Crippen LogP) is 5.22. The Labute approximate surface area is 153 Å². The first-order valence-corrected chi connectivity index (χ1v) is 8.70. The summed E-state index contributed by atoms with van der Waals surface area (Å²) in [4.78, 5) is 0. The van der Waals surface area contributed by atoms with Crippen LogP contribution in [0.4, 0.5) is 0 Å². The first kappa shape index (κ1) is 17.5. The molecule has 0 aliphatic heterocycles. The van der Waals surface area contributed by atoms with Gasteiger partial charge in [0, 0.05) is 34.8 Å². The van der Waals surface area contributed by atoms with Crippen LogP contribution >= 0.6 is 11.6 Å². The van der Waals surface area contributed by atoms with E-state index in [2.05, 4.69) is 12.2 Å². The third-order valence-corrected chi connectivity index (χ3v) is 4.51. The molecule has 0 heterocycles. The molecular formula is C21H21ClN2O. The van der Waals surface area contributed by atoms with Crippen LogP contribution in [0, 0.1) is 5.41 Å². The third kappa shape index (κ3) is 4.19. The van der Waals surface area contributed by atoms with Crippen LogP contribution < -0.4 is 10.1 Å². The molecule has 0 fully saturated rings. The highest BCUT2D eigenvalue weighted by atomic mass is 35.5. The minimum Gasteiger partial charge on any atom is -0.492 e. The van der Waals surface area contributed by atoms with Crippen LogP contribution in [0.15, 0.2) is 60.7 Å². The smallest absolute Gasteiger partial charge is 0.127 e. The summed E-state index contributed by atoms with van der Waals surface area (Å²) in [5.74, 6) is 0.849. The molecule has 0 saturated heterocycles. The maximum atomic E-state index is 7.52. The molecule has 0 amide bonds. The van der Waals surface area contributed by atoms with E-state index in [0.717, 1.165) is 33.7 Å². The molecule has 0 aliphatic rings. The number of ether oxygens (including phenoxy) is 1. The first-order valence-electron chi connectivity index (χ1n) is 8.33. The number of fused-ring (bicyclic) bond motifs is 1. The van der Waals surface area contributed by atoms with Gasteiger partial charge in [0.1, 0.15) is 12.4 Å². The minimum absolute atomic E-state index is 0.234. The zero-order valence-electron chi connectivity index (χ0n) is 14.1. The fraction of sp³-hybridized carbons (Fsp3) is 0.190. The van der Waals surface area contributed by atoms with E-state index in [1.165, 1.54) is 11.8 Å². The molecule has 3 nitrogen and oxygen atoms in total. The highest BCUT2D eigenvalue weighted by molar-refractivity contribution is 6.30. The summed E-state index contributed by atoms with van der Waals surface area (Å²) in [7, 11) is 0. The molecule has 25 heavy (non-hydrogen) atoms. The standard InChI is InChI=1S/C21H21ClN2O/c1-15(16-6-9-18(22)10-7-16)24-12-13-25-21-11-8-17(14-23)19-4-2-3-5-20(19)21/h2-11,14-15,23-24H,12-13H2,1H3. The van der Waals surface area contributed by atoms with Gasteiger partial charge < -0.3 is 15.5 Å². The van der Waals surface area contributed by atoms with Crippen molar-refractivity contribution >= 4 is 28.6 Å². The Morgan fingerprint density at radius 2 is 1.76 bits per heavy atom. The zero-order valence-corrected chi connectivity index (χ0v) is 14.9. The number of nitrogens with one attached hydrogen (secondary N) is 2. The number of rotatable bonds is 7. The quantitative estimate of drug-likeness (QED) is 0.452. The Morgan fingerprint density at radius 3 is 2.48 bits per heavy atom. The fourth-order valence-electron chi connectivity index (χ4n) is 2.85. The number of hydrogen-bond acceptors (Lipinski definition) is 3. The lowest BCUT2D eigenvalue weighted by Gasteiger charge is -2.15. The van der Waals surface area contributed by atoms with Gasteiger partial charge in [-0.25, -0.2) is 0 Å². The number of halogens is 1. The van der Waals surface area contributed by atoms with Crippen LogP contribution in [0.25, 0.3) is 10.8 Å². The molecule has 2 N–H and O–H groups in total. The van der Waals surface area contributed by atoms with E-state index >= 15 is 0 Å². The Bertz CT molecular complexity index is 861. The summed E-state index contributed by atoms with van der Waals surface area (Å²) in [6, 6.07) is 20.0. The van der Waals surface area contributed by atoms with Crippen molar-refractivity contribution in [1.29, 1.82) is 5.41 Å². The van der Waals surface area contributed by atoms with Crippen LogP contribution in [0.1, 0.15) is 24.1 Å². The summed E-state index contributed by atoms with van der Waals surface area (Å²) in [5.41, 5.74) is 2.10. The van der Waals surface area contributed by atoms with Crippen molar-refractivity contribution in [1.82, 2.24) is 5.32 Å². The lowest BCUT2D eigenvalue weighted by molar-refractivity contribution is 0.311. The van der Waals surface area contributed by atoms with Crippen LogP contribution in [-0.4, -0.2) is 19.4 Å². The van der Waals surface area contributed by atoms with E-state index in [-0.39, 0.29) is 6.04 Å². The molecule has 0 aromatic heterocycles. The minimum atomic E-state index is 0.234. The van der Waals surface area contributed by atoms with Gasteiger partial charge in [0.2, 0.25) is 0 Å². The Morgan fingerprint density at radius 1 is 1.04 bits per heavy atom. The van der Waals surface area contributed by atoms with Crippen LogP contribution in [0.2, 0.25) is 5.02 Å². The van der Waals surface area contributed by atoms with Gasteiger partial charge in [-0.3, -0.25) is 0 Å². The third-order valence-electron chi connectivity index (χ3n) is 4.25. The summed E-state index contributed by atoms with van der Waals surface area (Å²) in [5, 5.41) is 13.8. The van der Waals surface area contributed by atoms with E-state index in [1.54, 1.807) is 0 Å². The fourth-order valence-corrected chi connectivity index (χ4v) is 2.98. The van der Waals surface area contributed by atoms with Gasteiger partial charge in [0.05, 0.1) is 0 Å². The molecule has 128 valence electrons. The van der Waals surface area contributed by atoms with Crippen LogP contribution in [0.5, 0.6) is 5.75 Å². The number of hydrogen-bond donors (Lipinski definition) is 2. The molecule has 0 spiro atoms. The van der Waals surface area contributed by atoms with E-state index in [9.17, 15) is 0 Å². The lowest BCUT2D eigenvalue weighted by Crippen LogP contribution is -2.24. The molecule has 3 aromatic carbocycles. The van der Waals surface area contributed by atoms with Gasteiger partial charge in [-0.2, -0.15) is 0 Å². The summed E-state index contributed by atoms with van der Waals surface area (Å²) in [6.45, 7) is 3.44. The average molecular weight is 353 g/mol. The second kappa shape index (κ2) is 8.15. The van der Waals surface area contributed by atoms with E-state index in [0.29, 0.717) is 6.61 Å². The molecule has 0 saturated carbocycles. The van der Waals surface area contributed by atoms with Crippen molar-refractivity contribution in [2.24, 2.45) is 0 Å². The molecule has 1 atom stereocenters. The molecule has 4 heteroatoms. The molecule has 1 unspecified atom stereocenters. The maximum absolute atomic E-state index is 7.52. The monoisotopic (exact) mass is 352 g/mol. The SMILES string of the molecule is CC(NCCOc1ccc(C=N)c2ccccc12)c1ccc(Cl)cc1. The maximum Gasteiger partial charge on any atom is 0.127 e. The molecule has 0 radical (unpaired) electrons. The second-order valence-electron chi connectivity index (χ2n) is 5.92. The van der Waals surface area contributed by atoms with E-state index < -0.39 is 0 Å². The highest BCUT2D eigenvalue weighted by Gasteiger charge is 2.07. The van der Waals surface area contributed by atoms with Gasteiger partial charge in [0.25, 0.3) is 0 Å². The van der Waals surface area contributed by atoms with Gasteiger partial charge in [0.15, 0.2) is 0 Å². The summed E-state index contributed by atoms with van der Waals surface area (Å²) < 4.78 is 5.97. The zero-order chi connectivity index (χ0) is 17.6. The molecular weight excluding hydrogens is 332 g/mol. The average Bonchev–Trinajstić information content (AvgIpc) is 2.65. The van der Waals surface area contributed by atoms with Gasteiger partial charge >= 0.3 is 0 Å². The van der Waals surface area contributed by atoms with Crippen molar-refractivity contribution in [3.05, 3.63) is 76.8 Å². The van der Waals surface area contributed by atoms with Crippen molar-refractivity contribution in [2.45, 2.75) is 13.0 Å². The Balaban J connectivity index is 1.60. The van der Waals surface area contributed by atoms with Crippen molar-refractivity contribution in [2.75, 3.05) is 13.2 Å². The number of benzene rings is 3. The van der Waals surface area contributed by atoms with Gasteiger partial charge in [-0.1, -0.05) is 48.0 Å². The molecule has 3 rings (SSSR count). The lowest BCUT2D eigenvalue weighted by atomic mass is 10.0. The van der Waals surface area contributed by atoms with E-state index in [1.807, 2.05) is 60.7 Å². The normalized spacial score (nSPS) is 12.1. The van der Waals surface area contributed by atoms with Crippen LogP contribution in [-0.2, 0) is 0 Å². The first-order chi connectivity index (χ1) is 12.2. The Hall–Kier alpha value is -2.36. The molecule has 3 aromatic rings. The molecule has 0 aliphatic carbocycles.